The molecule has 0 atom stereocenters. The van der Waals surface area contributed by atoms with E-state index in [0.717, 1.165) is 111 Å². The zero-order valence-electron chi connectivity index (χ0n) is 77.6. The van der Waals surface area contributed by atoms with Crippen LogP contribution in [0.3, 0.4) is 0 Å². The quantitative estimate of drug-likeness (QED) is 0.135. The molecule has 5 heterocycles. The molecule has 109 heavy (non-hydrogen) atoms. The van der Waals surface area contributed by atoms with Crippen LogP contribution in [-0.2, 0) is 27.1 Å². The summed E-state index contributed by atoms with van der Waals surface area (Å²) in [4.78, 5) is 10.4. The molecule has 0 unspecified atom stereocenters. The fourth-order valence-electron chi connectivity index (χ4n) is 16.5. The minimum absolute atomic E-state index is 0.0127. The largest absolute Gasteiger partial charge is 0.310 e. The van der Waals surface area contributed by atoms with E-state index in [4.69, 9.17) is 6.35 Å². The Morgan fingerprint density at radius 2 is 0.716 bits per heavy atom. The fraction of sp³-hybridized carbons (Fsp3) is 0.194. The van der Waals surface area contributed by atoms with Gasteiger partial charge in [-0.1, -0.05) is 298 Å². The maximum Gasteiger partial charge on any atom is 0.252 e. The number of aromatic nitrogens is 3. The number of hydrogen-bond acceptors (Lipinski definition) is 3. The van der Waals surface area contributed by atoms with E-state index >= 15 is 0 Å². The van der Waals surface area contributed by atoms with E-state index in [1.54, 1.807) is 4.57 Å². The molecule has 13 aromatic carbocycles. The van der Waals surface area contributed by atoms with Crippen LogP contribution in [0.5, 0.6) is 0 Å². The van der Waals surface area contributed by atoms with Crippen LogP contribution in [-0.4, -0.2) is 20.8 Å². The van der Waals surface area contributed by atoms with E-state index in [-0.39, 0.29) is 43.9 Å². The smallest absolute Gasteiger partial charge is 0.252 e. The zero-order chi connectivity index (χ0) is 86.7. The summed E-state index contributed by atoms with van der Waals surface area (Å²) in [5.41, 5.74) is 19.5. The van der Waals surface area contributed by atoms with Crippen LogP contribution in [0.2, 0.25) is 0 Å². The lowest BCUT2D eigenvalue weighted by atomic mass is 9.33. The van der Waals surface area contributed by atoms with Gasteiger partial charge in [0.25, 0.3) is 6.71 Å². The van der Waals surface area contributed by atoms with Crippen molar-refractivity contribution in [1.29, 1.82) is 0 Å². The predicted octanol–water partition coefficient (Wildman–Crippen LogP) is 26.2. The second-order valence-corrected chi connectivity index (χ2v) is 34.7. The van der Waals surface area contributed by atoms with Gasteiger partial charge in [0.15, 0.2) is 0 Å². The first-order chi connectivity index (χ1) is 57.6. The highest BCUT2D eigenvalue weighted by Gasteiger charge is 2.47. The topological polar surface area (TPSA) is 29.2 Å². The van der Waals surface area contributed by atoms with Crippen LogP contribution in [0.4, 0.5) is 34.1 Å². The number of nitrogens with zero attached hydrogens (tertiary/aromatic N) is 5. The number of rotatable bonds is 9. The van der Waals surface area contributed by atoms with Crippen molar-refractivity contribution in [2.75, 3.05) is 9.80 Å². The normalized spacial score (nSPS) is 14.9. The highest BCUT2D eigenvalue weighted by molar-refractivity contribution is 7.00. The van der Waals surface area contributed by atoms with E-state index in [2.05, 4.69) is 270 Å². The molecular weight excluding hydrogens is 1320 g/mol. The minimum atomic E-state index is -0.765. The van der Waals surface area contributed by atoms with Gasteiger partial charge in [-0.3, -0.25) is 4.98 Å². The summed E-state index contributed by atoms with van der Waals surface area (Å²) >= 11 is 0. The van der Waals surface area contributed by atoms with Crippen molar-refractivity contribution in [3.8, 4) is 67.1 Å². The van der Waals surface area contributed by atoms with Crippen molar-refractivity contribution < 1.29 is 17.8 Å². The Kier molecular flexibility index (Phi) is 13.0. The number of hydrogen-bond donors (Lipinski definition) is 0. The van der Waals surface area contributed by atoms with E-state index < -0.39 is 102 Å². The summed E-state index contributed by atoms with van der Waals surface area (Å²) in [6.45, 7) is 32.4. The molecule has 18 rings (SSSR count). The molecule has 3 aromatic heterocycles. The molecule has 16 aromatic rings. The average Bonchev–Trinajstić information content (AvgIpc) is 1.11. The highest BCUT2D eigenvalue weighted by atomic mass is 15.2. The molecule has 0 saturated heterocycles. The van der Waals surface area contributed by atoms with Crippen molar-refractivity contribution in [3.63, 3.8) is 0 Å². The Balaban J connectivity index is 1.12. The molecule has 0 spiro atoms. The van der Waals surface area contributed by atoms with Gasteiger partial charge in [0.2, 0.25) is 0 Å². The van der Waals surface area contributed by atoms with Crippen LogP contribution in [0.25, 0.3) is 111 Å². The van der Waals surface area contributed by atoms with Crippen LogP contribution in [0.1, 0.15) is 150 Å². The van der Waals surface area contributed by atoms with Crippen LogP contribution in [0, 0.1) is 0 Å². The zero-order valence-corrected chi connectivity index (χ0v) is 64.6. The van der Waals surface area contributed by atoms with Crippen molar-refractivity contribution in [1.82, 2.24) is 14.1 Å². The van der Waals surface area contributed by atoms with Gasteiger partial charge in [-0.05, 0) is 191 Å². The first kappa shape index (κ1) is 55.7. The number of pyridine rings is 1. The lowest BCUT2D eigenvalue weighted by Gasteiger charge is -2.46. The third kappa shape index (κ3) is 11.7. The second kappa shape index (κ2) is 25.5. The van der Waals surface area contributed by atoms with Crippen molar-refractivity contribution in [3.05, 3.63) is 325 Å². The molecule has 0 saturated carbocycles. The van der Waals surface area contributed by atoms with E-state index in [1.165, 1.54) is 11.1 Å². The summed E-state index contributed by atoms with van der Waals surface area (Å²) in [6, 6.07) is 70.0. The second-order valence-electron chi connectivity index (χ2n) is 34.7. The Morgan fingerprint density at radius 3 is 1.19 bits per heavy atom. The first-order valence-corrected chi connectivity index (χ1v) is 37.9. The van der Waals surface area contributed by atoms with Crippen LogP contribution < -0.4 is 26.2 Å². The van der Waals surface area contributed by atoms with E-state index in [9.17, 15) is 16.4 Å². The molecule has 6 heteroatoms. The molecule has 0 bridgehead atoms. The monoisotopic (exact) mass is 1420 g/mol. The van der Waals surface area contributed by atoms with Gasteiger partial charge in [-0.25, -0.2) is 0 Å². The highest BCUT2D eigenvalue weighted by Crippen LogP contribution is 2.56. The molecule has 0 amide bonds. The third-order valence-corrected chi connectivity index (χ3v) is 22.3. The van der Waals surface area contributed by atoms with Gasteiger partial charge in [0, 0.05) is 83.3 Å². The van der Waals surface area contributed by atoms with Gasteiger partial charge in [0.1, 0.15) is 0 Å². The molecule has 534 valence electrons. The van der Waals surface area contributed by atoms with Crippen molar-refractivity contribution >= 4 is 101 Å². The van der Waals surface area contributed by atoms with Crippen LogP contribution in [0.15, 0.2) is 297 Å². The van der Waals surface area contributed by atoms with E-state index in [1.807, 2.05) is 66.7 Å². The summed E-state index contributed by atoms with van der Waals surface area (Å²) < 4.78 is 130. The number of fused-ring (bicyclic) bond motifs is 10. The maximum atomic E-state index is 10.3. The lowest BCUT2D eigenvalue weighted by Crippen LogP contribution is -2.61. The molecule has 2 aliphatic rings. The number of para-hydroxylation sites is 2. The Labute approximate surface area is 662 Å². The summed E-state index contributed by atoms with van der Waals surface area (Å²) in [5.74, 6) is 0. The summed E-state index contributed by atoms with van der Waals surface area (Å²) in [7, 11) is 0. The number of anilines is 6. The molecule has 0 radical (unpaired) electrons. The van der Waals surface area contributed by atoms with Gasteiger partial charge >= 0.3 is 0 Å². The van der Waals surface area contributed by atoms with Gasteiger partial charge < -0.3 is 18.9 Å². The minimum Gasteiger partial charge on any atom is -0.310 e. The van der Waals surface area contributed by atoms with Gasteiger partial charge in [-0.15, -0.1) is 0 Å². The maximum absolute atomic E-state index is 10.3. The third-order valence-electron chi connectivity index (χ3n) is 22.3. The molecule has 0 fully saturated rings. The summed E-state index contributed by atoms with van der Waals surface area (Å²) in [6.07, 6.45) is 0. The summed E-state index contributed by atoms with van der Waals surface area (Å²) in [5, 5.41) is 1.98. The van der Waals surface area contributed by atoms with Crippen LogP contribution >= 0.6 is 0 Å². The first-order valence-electron chi connectivity index (χ1n) is 44.4. The molecule has 2 aliphatic heterocycles. The van der Waals surface area contributed by atoms with Crippen molar-refractivity contribution in [2.24, 2.45) is 0 Å². The lowest BCUT2D eigenvalue weighted by molar-refractivity contribution is 0.569. The Hall–Kier alpha value is -11.7. The molecule has 0 aliphatic carbocycles. The van der Waals surface area contributed by atoms with Gasteiger partial charge in [-0.2, -0.15) is 0 Å². The Bertz CT molecular complexity index is 6900. The number of benzene rings is 13. The van der Waals surface area contributed by atoms with E-state index in [0.29, 0.717) is 34.0 Å². The predicted molar refractivity (Wildman–Crippen MR) is 468 cm³/mol. The SMILES string of the molecule is [2H]c1c([2H])c([2H])c(-c2ccc3c(c2)N(c2c(-c4ccccc4)cc(C(C)(C)C)cc2-c2ccccc2)c2cc(-n4c5c([2H])c([2H])c([2H])c([2H])c5c5c([2H])c([2H])c([2H])c([2H])c54)cc4c2B3c2ccc(-n3c5ccc(C(C)(C)C)cc5c5cc(C(C)(C)C)ccc53)cc2N4c2c(-c3ccccc3)cc(C(C)(C)C)cc2-c2cccc(C(C)(C)C)n2)c([2H])c1[2H]. The Morgan fingerprint density at radius 1 is 0.294 bits per heavy atom. The standard InChI is InChI=1S/C103H94BN5/c1-99(2,3)70-48-53-89-81(56-70)82-57-71(100(4,5)6)49-54-90(82)106(89)74-50-52-85-92(62-74)109(98-80(68-39-26-19-27-40-68)60-73(102(10,11)12)61-83(98)86-43-32-46-95(105-86)103(13,14)15)94-64-75(107-87-44-30-28-41-76(87)77-42-29-31-45-88(77)107)63-93-96(94)104(85)84-51-47-69(65-33-20-16-21-34-65)55-91(84)108(93)97-78(66-35-22-17-23-36-66)58-72(101(7,8)9)59-79(97)67-37-24-18-25-38-67/h16-64H,1-15H3/i16D,20D,21D,28D,29D,30D,31D,33D,34D,41D,42D,44D,45D. The molecular formula is C103H94BN5. The average molecular weight is 1430 g/mol. The molecule has 5 nitrogen and oxygen atoms in total. The van der Waals surface area contributed by atoms with Gasteiger partial charge in [0.05, 0.1) is 62.6 Å². The molecule has 0 N–H and O–H groups in total. The fourth-order valence-corrected chi connectivity index (χ4v) is 16.5. The van der Waals surface area contributed by atoms with Crippen molar-refractivity contribution in [2.45, 2.75) is 131 Å².